The molecule has 3 aromatic rings. The number of nitrogens with zero attached hydrogens (tertiary/aromatic N) is 1. The van der Waals surface area contributed by atoms with Gasteiger partial charge in [-0.15, -0.1) is 13.2 Å². The Hall–Kier alpha value is -3.00. The molecule has 0 amide bonds. The second-order valence-corrected chi connectivity index (χ2v) is 5.43. The van der Waals surface area contributed by atoms with E-state index in [0.29, 0.717) is 10.8 Å². The average Bonchev–Trinajstić information content (AvgIpc) is 2.60. The number of aliphatic hydroxyl groups excluding tert-OH is 1. The molecule has 0 aliphatic rings. The van der Waals surface area contributed by atoms with Crippen LogP contribution >= 0.6 is 0 Å². The zero-order valence-corrected chi connectivity index (χ0v) is 13.5. The predicted octanol–water partition coefficient (Wildman–Crippen LogP) is 3.10. The number of pyridine rings is 1. The summed E-state index contributed by atoms with van der Waals surface area (Å²) in [6.07, 6.45) is -4.86. The van der Waals surface area contributed by atoms with Crippen LogP contribution in [0.25, 0.3) is 22.0 Å². The van der Waals surface area contributed by atoms with Gasteiger partial charge in [-0.2, -0.15) is 0 Å². The van der Waals surface area contributed by atoms with Crippen LogP contribution in [0.3, 0.4) is 0 Å². The predicted molar refractivity (Wildman–Crippen MR) is 91.6 cm³/mol. The highest BCUT2D eigenvalue weighted by Crippen LogP contribution is 2.34. The maximum absolute atomic E-state index is 12.8. The lowest BCUT2D eigenvalue weighted by Gasteiger charge is -2.19. The molecule has 2 N–H and O–H groups in total. The molecule has 8 heteroatoms. The Morgan fingerprint density at radius 1 is 1.08 bits per heavy atom. The molecule has 0 fully saturated rings. The summed E-state index contributed by atoms with van der Waals surface area (Å²) >= 11 is 0. The summed E-state index contributed by atoms with van der Waals surface area (Å²) < 4.78 is 43.4. The van der Waals surface area contributed by atoms with E-state index in [1.807, 2.05) is 0 Å². The van der Waals surface area contributed by atoms with Crippen LogP contribution in [0.1, 0.15) is 0 Å². The number of halogens is 3. The minimum absolute atomic E-state index is 0.0491. The molecule has 0 bridgehead atoms. The van der Waals surface area contributed by atoms with Crippen LogP contribution in [0.5, 0.6) is 5.75 Å². The molecule has 0 unspecified atom stereocenters. The van der Waals surface area contributed by atoms with E-state index < -0.39 is 17.7 Å². The lowest BCUT2D eigenvalue weighted by molar-refractivity contribution is -0.274. The fourth-order valence-corrected chi connectivity index (χ4v) is 2.67. The summed E-state index contributed by atoms with van der Waals surface area (Å²) in [5.74, 6) is -0.422. The molecule has 0 radical (unpaired) electrons. The fourth-order valence-electron chi connectivity index (χ4n) is 2.67. The molecule has 1 heterocycles. The van der Waals surface area contributed by atoms with Crippen molar-refractivity contribution in [2.75, 3.05) is 18.6 Å². The van der Waals surface area contributed by atoms with E-state index >= 15 is 0 Å². The fraction of sp³-hybridized carbons (Fsp3) is 0.167. The Morgan fingerprint density at radius 2 is 1.77 bits per heavy atom. The molecular formula is C18H15F3N2O3. The highest BCUT2D eigenvalue weighted by molar-refractivity contribution is 5.86. The van der Waals surface area contributed by atoms with Crippen molar-refractivity contribution in [2.24, 2.45) is 0 Å². The number of benzene rings is 2. The third kappa shape index (κ3) is 3.65. The number of nitrogens with one attached hydrogen (secondary N) is 1. The van der Waals surface area contributed by atoms with Crippen molar-refractivity contribution in [3.63, 3.8) is 0 Å². The van der Waals surface area contributed by atoms with Crippen LogP contribution in [-0.4, -0.2) is 29.3 Å². The summed E-state index contributed by atoms with van der Waals surface area (Å²) in [5.41, 5.74) is 2.58. The number of fused-ring (bicyclic) bond motifs is 1. The minimum atomic E-state index is -4.86. The highest BCUT2D eigenvalue weighted by atomic mass is 19.4. The van der Waals surface area contributed by atoms with Gasteiger partial charge in [0, 0.05) is 10.9 Å². The van der Waals surface area contributed by atoms with Crippen molar-refractivity contribution < 1.29 is 23.0 Å². The smallest absolute Gasteiger partial charge is 0.405 e. The van der Waals surface area contributed by atoms with Crippen molar-refractivity contribution in [3.05, 3.63) is 65.0 Å². The van der Waals surface area contributed by atoms with Crippen LogP contribution < -0.4 is 15.7 Å². The normalized spacial score (nSPS) is 11.5. The molecule has 0 aliphatic heterocycles. The first-order chi connectivity index (χ1) is 12.4. The van der Waals surface area contributed by atoms with Crippen molar-refractivity contribution in [2.45, 2.75) is 6.36 Å². The molecular weight excluding hydrogens is 349 g/mol. The van der Waals surface area contributed by atoms with Crippen LogP contribution in [0.15, 0.2) is 59.4 Å². The van der Waals surface area contributed by atoms with E-state index in [-0.39, 0.29) is 24.4 Å². The van der Waals surface area contributed by atoms with Gasteiger partial charge in [0.1, 0.15) is 5.75 Å². The van der Waals surface area contributed by atoms with Crippen LogP contribution in [0.2, 0.25) is 0 Å². The van der Waals surface area contributed by atoms with E-state index in [2.05, 4.69) is 10.2 Å². The molecule has 136 valence electrons. The summed E-state index contributed by atoms with van der Waals surface area (Å²) in [7, 11) is 0. The molecule has 0 atom stereocenters. The van der Waals surface area contributed by atoms with Crippen LogP contribution in [-0.2, 0) is 0 Å². The minimum Gasteiger partial charge on any atom is -0.405 e. The Bertz CT molecular complexity index is 983. The molecule has 0 spiro atoms. The molecule has 0 saturated carbocycles. The van der Waals surface area contributed by atoms with Gasteiger partial charge >= 0.3 is 6.36 Å². The van der Waals surface area contributed by atoms with E-state index in [1.165, 1.54) is 18.2 Å². The van der Waals surface area contributed by atoms with E-state index in [4.69, 9.17) is 5.11 Å². The van der Waals surface area contributed by atoms with Crippen molar-refractivity contribution in [3.8, 4) is 17.0 Å². The van der Waals surface area contributed by atoms with Gasteiger partial charge in [-0.05, 0) is 29.7 Å². The maximum atomic E-state index is 12.8. The number of hydrogen-bond donors (Lipinski definition) is 2. The molecule has 2 aromatic carbocycles. The second kappa shape index (κ2) is 7.09. The number of aliphatic hydroxyl groups is 1. The first kappa shape index (κ1) is 17.8. The molecule has 26 heavy (non-hydrogen) atoms. The second-order valence-electron chi connectivity index (χ2n) is 5.43. The van der Waals surface area contributed by atoms with Gasteiger partial charge in [0.15, 0.2) is 0 Å². The third-order valence-electron chi connectivity index (χ3n) is 3.70. The van der Waals surface area contributed by atoms with Gasteiger partial charge in [0.2, 0.25) is 0 Å². The molecule has 0 aliphatic carbocycles. The lowest BCUT2D eigenvalue weighted by Crippen LogP contribution is -2.32. The zero-order chi connectivity index (χ0) is 18.7. The third-order valence-corrected chi connectivity index (χ3v) is 3.70. The standard InChI is InChI=1S/C18H15F3N2O3/c19-18(20,21)26-16-8-4-3-7-14(16)15-11-12-5-1-2-6-13(12)17(25)23(15)22-9-10-24/h1-8,11,22,24H,9-10H2. The van der Waals surface area contributed by atoms with Crippen LogP contribution in [0, 0.1) is 0 Å². The molecule has 1 aromatic heterocycles. The number of para-hydroxylation sites is 1. The largest absolute Gasteiger partial charge is 0.573 e. The number of rotatable bonds is 5. The maximum Gasteiger partial charge on any atom is 0.573 e. The van der Waals surface area contributed by atoms with Gasteiger partial charge in [-0.25, -0.2) is 4.68 Å². The number of alkyl halides is 3. The monoisotopic (exact) mass is 364 g/mol. The van der Waals surface area contributed by atoms with Gasteiger partial charge in [-0.3, -0.25) is 4.79 Å². The topological polar surface area (TPSA) is 63.5 Å². The zero-order valence-electron chi connectivity index (χ0n) is 13.5. The Morgan fingerprint density at radius 3 is 2.50 bits per heavy atom. The summed E-state index contributed by atoms with van der Waals surface area (Å²) in [4.78, 5) is 12.8. The Balaban J connectivity index is 2.26. The first-order valence-electron chi connectivity index (χ1n) is 7.75. The van der Waals surface area contributed by atoms with Crippen molar-refractivity contribution in [1.82, 2.24) is 4.68 Å². The average molecular weight is 364 g/mol. The van der Waals surface area contributed by atoms with Gasteiger partial charge in [0.05, 0.1) is 18.8 Å². The molecule has 0 saturated heterocycles. The number of aromatic nitrogens is 1. The first-order valence-corrected chi connectivity index (χ1v) is 7.75. The molecule has 5 nitrogen and oxygen atoms in total. The summed E-state index contributed by atoms with van der Waals surface area (Å²) in [6.45, 7) is -0.201. The van der Waals surface area contributed by atoms with Gasteiger partial charge in [-0.1, -0.05) is 30.3 Å². The SMILES string of the molecule is O=c1c2ccccc2cc(-c2ccccc2OC(F)(F)F)n1NCCO. The van der Waals surface area contributed by atoms with E-state index in [9.17, 15) is 18.0 Å². The lowest BCUT2D eigenvalue weighted by atomic mass is 10.1. The summed E-state index contributed by atoms with van der Waals surface area (Å²) in [6, 6.07) is 13.9. The Labute approximate surface area is 146 Å². The van der Waals surface area contributed by atoms with Gasteiger partial charge in [0.25, 0.3) is 5.56 Å². The van der Waals surface area contributed by atoms with Gasteiger partial charge < -0.3 is 15.3 Å². The summed E-state index contributed by atoms with van der Waals surface area (Å²) in [5, 5.41) is 10.0. The molecule has 3 rings (SSSR count). The van der Waals surface area contributed by atoms with Crippen LogP contribution in [0.4, 0.5) is 13.2 Å². The number of ether oxygens (including phenoxy) is 1. The Kier molecular flexibility index (Phi) is 4.85. The van der Waals surface area contributed by atoms with Crippen molar-refractivity contribution >= 4 is 10.8 Å². The van der Waals surface area contributed by atoms with E-state index in [1.54, 1.807) is 36.4 Å². The van der Waals surface area contributed by atoms with E-state index in [0.717, 1.165) is 4.68 Å². The van der Waals surface area contributed by atoms with Crippen molar-refractivity contribution in [1.29, 1.82) is 0 Å². The quantitative estimate of drug-likeness (QED) is 0.730. The number of hydrogen-bond acceptors (Lipinski definition) is 4. The highest BCUT2D eigenvalue weighted by Gasteiger charge is 2.32.